The molecule has 1 saturated heterocycles. The van der Waals surface area contributed by atoms with Gasteiger partial charge < -0.3 is 15.5 Å². The van der Waals surface area contributed by atoms with Crippen molar-refractivity contribution in [2.45, 2.75) is 19.3 Å². The number of likely N-dealkylation sites (tertiary alicyclic amines) is 1. The Kier molecular flexibility index (Phi) is 5.00. The molecule has 2 N–H and O–H groups in total. The molecule has 0 aromatic carbocycles. The molecule has 0 radical (unpaired) electrons. The molecule has 2 aromatic heterocycles. The Morgan fingerprint density at radius 2 is 2.21 bits per heavy atom. The summed E-state index contributed by atoms with van der Waals surface area (Å²) in [6.07, 6.45) is 2.63. The van der Waals surface area contributed by atoms with Crippen LogP contribution >= 0.6 is 0 Å². The van der Waals surface area contributed by atoms with Crippen molar-refractivity contribution in [1.82, 2.24) is 25.2 Å². The average Bonchev–Trinajstić information content (AvgIpc) is 3.06. The fraction of sp³-hybridized carbons (Fsp3) is 0.412. The van der Waals surface area contributed by atoms with Gasteiger partial charge in [0.05, 0.1) is 6.54 Å². The molecular weight excluding hydrogens is 304 g/mol. The third kappa shape index (κ3) is 3.86. The number of rotatable bonds is 5. The van der Waals surface area contributed by atoms with Gasteiger partial charge in [0.2, 0.25) is 5.91 Å². The van der Waals surface area contributed by atoms with Gasteiger partial charge in [-0.25, -0.2) is 15.0 Å². The van der Waals surface area contributed by atoms with Crippen molar-refractivity contribution in [2.75, 3.05) is 32.0 Å². The van der Waals surface area contributed by atoms with Crippen LogP contribution in [0.25, 0.3) is 0 Å². The van der Waals surface area contributed by atoms with E-state index in [-0.39, 0.29) is 11.8 Å². The summed E-state index contributed by atoms with van der Waals surface area (Å²) in [5.74, 6) is 2.57. The molecule has 0 aliphatic carbocycles. The maximum Gasteiger partial charge on any atom is 0.236 e. The van der Waals surface area contributed by atoms with Gasteiger partial charge in [0.15, 0.2) is 0 Å². The maximum atomic E-state index is 12.0. The molecule has 1 atom stereocenters. The Morgan fingerprint density at radius 1 is 1.33 bits per heavy atom. The monoisotopic (exact) mass is 326 g/mol. The molecular formula is C17H22N6O. The SMILES string of the molecule is CNCC(=O)N1CCC(c2nc(C)cc(Nc3ccccn3)n2)C1. The third-order valence-corrected chi connectivity index (χ3v) is 4.03. The second kappa shape index (κ2) is 7.35. The number of hydrogen-bond acceptors (Lipinski definition) is 6. The van der Waals surface area contributed by atoms with Crippen LogP contribution in [0.15, 0.2) is 30.5 Å². The quantitative estimate of drug-likeness (QED) is 0.865. The lowest BCUT2D eigenvalue weighted by atomic mass is 10.1. The summed E-state index contributed by atoms with van der Waals surface area (Å²) in [6.45, 7) is 3.75. The van der Waals surface area contributed by atoms with Gasteiger partial charge in [0.25, 0.3) is 0 Å². The van der Waals surface area contributed by atoms with E-state index in [1.54, 1.807) is 13.2 Å². The van der Waals surface area contributed by atoms with Gasteiger partial charge in [-0.1, -0.05) is 6.07 Å². The van der Waals surface area contributed by atoms with E-state index >= 15 is 0 Å². The lowest BCUT2D eigenvalue weighted by Gasteiger charge is -2.16. The molecule has 3 heterocycles. The highest BCUT2D eigenvalue weighted by Crippen LogP contribution is 2.26. The van der Waals surface area contributed by atoms with Crippen molar-refractivity contribution >= 4 is 17.5 Å². The number of anilines is 2. The van der Waals surface area contributed by atoms with Gasteiger partial charge in [0, 0.05) is 37.0 Å². The number of pyridine rings is 1. The van der Waals surface area contributed by atoms with Gasteiger partial charge >= 0.3 is 0 Å². The molecule has 7 nitrogen and oxygen atoms in total. The van der Waals surface area contributed by atoms with Crippen molar-refractivity contribution in [1.29, 1.82) is 0 Å². The summed E-state index contributed by atoms with van der Waals surface area (Å²) < 4.78 is 0. The zero-order valence-electron chi connectivity index (χ0n) is 14.0. The van der Waals surface area contributed by atoms with Gasteiger partial charge in [-0.05, 0) is 32.5 Å². The molecule has 1 aliphatic heterocycles. The van der Waals surface area contributed by atoms with Crippen LogP contribution in [-0.2, 0) is 4.79 Å². The predicted molar refractivity (Wildman–Crippen MR) is 92.2 cm³/mol. The Labute approximate surface area is 141 Å². The van der Waals surface area contributed by atoms with Gasteiger partial charge in [0.1, 0.15) is 17.5 Å². The number of likely N-dealkylation sites (N-methyl/N-ethyl adjacent to an activating group) is 1. The summed E-state index contributed by atoms with van der Waals surface area (Å²) in [5.41, 5.74) is 0.901. The first kappa shape index (κ1) is 16.3. The third-order valence-electron chi connectivity index (χ3n) is 4.03. The topological polar surface area (TPSA) is 83.0 Å². The minimum Gasteiger partial charge on any atom is -0.341 e. The van der Waals surface area contributed by atoms with Crippen LogP contribution in [0, 0.1) is 6.92 Å². The summed E-state index contributed by atoms with van der Waals surface area (Å²) in [6, 6.07) is 7.59. The number of carbonyl (C=O) groups excluding carboxylic acids is 1. The largest absolute Gasteiger partial charge is 0.341 e. The lowest BCUT2D eigenvalue weighted by molar-refractivity contribution is -0.129. The van der Waals surface area contributed by atoms with E-state index in [0.717, 1.165) is 36.1 Å². The van der Waals surface area contributed by atoms with E-state index in [2.05, 4.69) is 25.6 Å². The van der Waals surface area contributed by atoms with E-state index in [4.69, 9.17) is 0 Å². The normalized spacial score (nSPS) is 17.1. The standard InChI is InChI=1S/C17H22N6O/c1-12-9-15(21-14-5-3-4-7-19-14)22-17(20-12)13-6-8-23(11-13)16(24)10-18-2/h3-5,7,9,13,18H,6,8,10-11H2,1-2H3,(H,19,20,21,22). The molecule has 0 spiro atoms. The van der Waals surface area contributed by atoms with E-state index in [9.17, 15) is 4.79 Å². The van der Waals surface area contributed by atoms with Gasteiger partial charge in [-0.2, -0.15) is 0 Å². The number of nitrogens with one attached hydrogen (secondary N) is 2. The first-order valence-corrected chi connectivity index (χ1v) is 8.11. The van der Waals surface area contributed by atoms with Crippen LogP contribution < -0.4 is 10.6 Å². The highest BCUT2D eigenvalue weighted by molar-refractivity contribution is 5.78. The molecule has 0 saturated carbocycles. The van der Waals surface area contributed by atoms with Crippen LogP contribution in [0.3, 0.4) is 0 Å². The van der Waals surface area contributed by atoms with Crippen molar-refractivity contribution < 1.29 is 4.79 Å². The summed E-state index contributed by atoms with van der Waals surface area (Å²) in [7, 11) is 1.78. The molecule has 1 unspecified atom stereocenters. The van der Waals surface area contributed by atoms with Crippen LogP contribution in [0.2, 0.25) is 0 Å². The number of hydrogen-bond donors (Lipinski definition) is 2. The number of aryl methyl sites for hydroxylation is 1. The van der Waals surface area contributed by atoms with Crippen LogP contribution in [0.1, 0.15) is 23.9 Å². The van der Waals surface area contributed by atoms with E-state index in [1.807, 2.05) is 36.1 Å². The van der Waals surface area contributed by atoms with Crippen molar-refractivity contribution in [2.24, 2.45) is 0 Å². The summed E-state index contributed by atoms with van der Waals surface area (Å²) in [5, 5.41) is 6.12. The molecule has 126 valence electrons. The highest BCUT2D eigenvalue weighted by Gasteiger charge is 2.29. The first-order chi connectivity index (χ1) is 11.7. The summed E-state index contributed by atoms with van der Waals surface area (Å²) >= 11 is 0. The molecule has 1 aliphatic rings. The second-order valence-corrected chi connectivity index (χ2v) is 5.95. The highest BCUT2D eigenvalue weighted by atomic mass is 16.2. The maximum absolute atomic E-state index is 12.0. The van der Waals surface area contributed by atoms with Crippen molar-refractivity contribution in [3.63, 3.8) is 0 Å². The van der Waals surface area contributed by atoms with Gasteiger partial charge in [-0.3, -0.25) is 4.79 Å². The Bertz CT molecular complexity index is 705. The second-order valence-electron chi connectivity index (χ2n) is 5.95. The summed E-state index contributed by atoms with van der Waals surface area (Å²) in [4.78, 5) is 27.3. The number of carbonyl (C=O) groups is 1. The zero-order valence-corrected chi connectivity index (χ0v) is 14.0. The molecule has 24 heavy (non-hydrogen) atoms. The number of aromatic nitrogens is 3. The number of nitrogens with zero attached hydrogens (tertiary/aromatic N) is 4. The van der Waals surface area contributed by atoms with E-state index in [0.29, 0.717) is 13.1 Å². The Morgan fingerprint density at radius 3 is 2.96 bits per heavy atom. The molecule has 2 aromatic rings. The molecule has 3 rings (SSSR count). The molecule has 0 bridgehead atoms. The van der Waals surface area contributed by atoms with Crippen LogP contribution in [0.5, 0.6) is 0 Å². The zero-order chi connectivity index (χ0) is 16.9. The Balaban J connectivity index is 1.73. The lowest BCUT2D eigenvalue weighted by Crippen LogP contribution is -2.35. The predicted octanol–water partition coefficient (Wildman–Crippen LogP) is 1.46. The average molecular weight is 326 g/mol. The minimum atomic E-state index is 0.125. The van der Waals surface area contributed by atoms with Crippen LogP contribution in [0.4, 0.5) is 11.6 Å². The van der Waals surface area contributed by atoms with Crippen LogP contribution in [-0.4, -0.2) is 52.4 Å². The Hall–Kier alpha value is -2.54. The minimum absolute atomic E-state index is 0.125. The number of amides is 1. The smallest absolute Gasteiger partial charge is 0.236 e. The van der Waals surface area contributed by atoms with E-state index < -0.39 is 0 Å². The van der Waals surface area contributed by atoms with Gasteiger partial charge in [-0.15, -0.1) is 0 Å². The molecule has 1 amide bonds. The molecule has 1 fully saturated rings. The van der Waals surface area contributed by atoms with Crippen molar-refractivity contribution in [3.8, 4) is 0 Å². The van der Waals surface area contributed by atoms with Crippen molar-refractivity contribution in [3.05, 3.63) is 42.0 Å². The molecule has 7 heteroatoms. The first-order valence-electron chi connectivity index (χ1n) is 8.11. The van der Waals surface area contributed by atoms with E-state index in [1.165, 1.54) is 0 Å². The fourth-order valence-electron chi connectivity index (χ4n) is 2.87. The fourth-order valence-corrected chi connectivity index (χ4v) is 2.87.